The van der Waals surface area contributed by atoms with E-state index >= 15 is 0 Å². The van der Waals surface area contributed by atoms with Crippen molar-refractivity contribution in [2.24, 2.45) is 0 Å². The first-order valence-electron chi connectivity index (χ1n) is 10.6. The van der Waals surface area contributed by atoms with Crippen molar-refractivity contribution in [3.63, 3.8) is 0 Å². The molecular weight excluding hydrogens is 451 g/mol. The second-order valence-electron chi connectivity index (χ2n) is 7.96. The minimum atomic E-state index is -0.0112. The summed E-state index contributed by atoms with van der Waals surface area (Å²) in [5.74, 6) is -0.0112. The molecule has 0 aromatic heterocycles. The summed E-state index contributed by atoms with van der Waals surface area (Å²) in [4.78, 5) is 18.1. The van der Waals surface area contributed by atoms with Crippen LogP contribution in [0.15, 0.2) is 47.4 Å². The average Bonchev–Trinajstić information content (AvgIpc) is 2.76. The van der Waals surface area contributed by atoms with Crippen molar-refractivity contribution in [2.75, 3.05) is 50.0 Å². The number of nitrogens with zero attached hydrogens (tertiary/aromatic N) is 3. The van der Waals surface area contributed by atoms with Gasteiger partial charge in [-0.2, -0.15) is 0 Å². The number of benzene rings is 2. The fourth-order valence-electron chi connectivity index (χ4n) is 3.50. The van der Waals surface area contributed by atoms with E-state index in [1.54, 1.807) is 6.07 Å². The SMILES string of the molecule is CC(C)N1CCN(c2ccc(NC(=O)CCN(C)Sc3cccc(Cl)c3Cl)cc2)CC1. The summed E-state index contributed by atoms with van der Waals surface area (Å²) in [5.41, 5.74) is 2.03. The molecule has 3 rings (SSSR count). The van der Waals surface area contributed by atoms with Gasteiger partial charge in [-0.15, -0.1) is 0 Å². The third kappa shape index (κ3) is 7.02. The van der Waals surface area contributed by atoms with Crippen LogP contribution in [0, 0.1) is 0 Å². The van der Waals surface area contributed by atoms with Crippen molar-refractivity contribution in [3.05, 3.63) is 52.5 Å². The highest BCUT2D eigenvalue weighted by molar-refractivity contribution is 7.97. The molecule has 1 aliphatic rings. The first-order chi connectivity index (χ1) is 14.8. The van der Waals surface area contributed by atoms with Crippen LogP contribution in [-0.4, -0.2) is 60.9 Å². The molecule has 5 nitrogen and oxygen atoms in total. The van der Waals surface area contributed by atoms with Gasteiger partial charge in [0, 0.05) is 61.5 Å². The first-order valence-corrected chi connectivity index (χ1v) is 12.1. The zero-order chi connectivity index (χ0) is 22.4. The maximum absolute atomic E-state index is 12.4. The standard InChI is InChI=1S/C23H30Cl2N4OS/c1-17(2)28-13-15-29(16-14-28)19-9-7-18(8-10-19)26-22(30)11-12-27(3)31-21-6-4-5-20(24)23(21)25/h4-10,17H,11-16H2,1-3H3,(H,26,30). The Bertz CT molecular complexity index is 870. The van der Waals surface area contributed by atoms with Crippen molar-refractivity contribution >= 4 is 52.4 Å². The Balaban J connectivity index is 1.44. The molecule has 168 valence electrons. The second-order valence-corrected chi connectivity index (χ2v) is 9.99. The number of carbonyl (C=O) groups excluding carboxylic acids is 1. The van der Waals surface area contributed by atoms with Crippen molar-refractivity contribution in [3.8, 4) is 0 Å². The van der Waals surface area contributed by atoms with Gasteiger partial charge in [0.25, 0.3) is 0 Å². The quantitative estimate of drug-likeness (QED) is 0.505. The highest BCUT2D eigenvalue weighted by Gasteiger charge is 2.19. The van der Waals surface area contributed by atoms with E-state index < -0.39 is 0 Å². The van der Waals surface area contributed by atoms with E-state index in [0.717, 1.165) is 36.8 Å². The first kappa shape index (κ1) is 24.2. The van der Waals surface area contributed by atoms with Gasteiger partial charge in [-0.3, -0.25) is 9.69 Å². The zero-order valence-electron chi connectivity index (χ0n) is 18.3. The Morgan fingerprint density at radius 1 is 1.10 bits per heavy atom. The zero-order valence-corrected chi connectivity index (χ0v) is 20.6. The molecule has 0 unspecified atom stereocenters. The highest BCUT2D eigenvalue weighted by atomic mass is 35.5. The summed E-state index contributed by atoms with van der Waals surface area (Å²) in [5, 5.41) is 4.05. The summed E-state index contributed by atoms with van der Waals surface area (Å²) in [6.07, 6.45) is 0.389. The number of nitrogens with one attached hydrogen (secondary N) is 1. The molecule has 1 saturated heterocycles. The molecule has 2 aromatic rings. The van der Waals surface area contributed by atoms with Crippen LogP contribution in [0.1, 0.15) is 20.3 Å². The number of anilines is 2. The van der Waals surface area contributed by atoms with E-state index in [0.29, 0.717) is 29.1 Å². The lowest BCUT2D eigenvalue weighted by Crippen LogP contribution is -2.48. The van der Waals surface area contributed by atoms with Crippen LogP contribution in [0.2, 0.25) is 10.0 Å². The number of amides is 1. The molecule has 0 radical (unpaired) electrons. The van der Waals surface area contributed by atoms with Gasteiger partial charge in [0.15, 0.2) is 0 Å². The number of piperazine rings is 1. The molecule has 31 heavy (non-hydrogen) atoms. The fraction of sp³-hybridized carbons (Fsp3) is 0.435. The topological polar surface area (TPSA) is 38.8 Å². The van der Waals surface area contributed by atoms with Crippen LogP contribution in [0.4, 0.5) is 11.4 Å². The third-order valence-corrected chi connectivity index (χ3v) is 7.35. The third-order valence-electron chi connectivity index (χ3n) is 5.38. The van der Waals surface area contributed by atoms with Crippen molar-refractivity contribution in [1.29, 1.82) is 0 Å². The molecule has 0 bridgehead atoms. The van der Waals surface area contributed by atoms with Crippen LogP contribution >= 0.6 is 35.1 Å². The molecule has 2 aromatic carbocycles. The molecule has 0 atom stereocenters. The number of carbonyl (C=O) groups is 1. The van der Waals surface area contributed by atoms with E-state index in [1.165, 1.54) is 17.6 Å². The van der Waals surface area contributed by atoms with Crippen LogP contribution in [0.5, 0.6) is 0 Å². The maximum atomic E-state index is 12.4. The molecule has 1 N–H and O–H groups in total. The fourth-order valence-corrected chi connectivity index (χ4v) is 4.81. The summed E-state index contributed by atoms with van der Waals surface area (Å²) in [6.45, 7) is 9.32. The van der Waals surface area contributed by atoms with Crippen molar-refractivity contribution in [1.82, 2.24) is 9.21 Å². The summed E-state index contributed by atoms with van der Waals surface area (Å²) < 4.78 is 1.98. The summed E-state index contributed by atoms with van der Waals surface area (Å²) in [6, 6.07) is 14.3. The minimum Gasteiger partial charge on any atom is -0.369 e. The van der Waals surface area contributed by atoms with Gasteiger partial charge in [0.2, 0.25) is 5.91 Å². The predicted molar refractivity (Wildman–Crippen MR) is 134 cm³/mol. The van der Waals surface area contributed by atoms with Gasteiger partial charge >= 0.3 is 0 Å². The largest absolute Gasteiger partial charge is 0.369 e. The molecule has 1 amide bonds. The monoisotopic (exact) mass is 480 g/mol. The van der Waals surface area contributed by atoms with E-state index in [4.69, 9.17) is 23.2 Å². The van der Waals surface area contributed by atoms with Gasteiger partial charge in [0.05, 0.1) is 10.0 Å². The maximum Gasteiger partial charge on any atom is 0.225 e. The molecular formula is C23H30Cl2N4OS. The van der Waals surface area contributed by atoms with E-state index in [9.17, 15) is 4.79 Å². The number of halogens is 2. The molecule has 0 spiro atoms. The van der Waals surface area contributed by atoms with Gasteiger partial charge < -0.3 is 10.2 Å². The molecule has 1 aliphatic heterocycles. The molecule has 8 heteroatoms. The molecule has 1 heterocycles. The molecule has 0 saturated carbocycles. The van der Waals surface area contributed by atoms with Gasteiger partial charge in [-0.25, -0.2) is 4.31 Å². The normalized spacial score (nSPS) is 15.0. The molecule has 1 fully saturated rings. The van der Waals surface area contributed by atoms with Crippen molar-refractivity contribution in [2.45, 2.75) is 31.2 Å². The number of hydrogen-bond donors (Lipinski definition) is 1. The highest BCUT2D eigenvalue weighted by Crippen LogP contribution is 2.34. The Hall–Kier alpha value is -1.44. The average molecular weight is 481 g/mol. The van der Waals surface area contributed by atoms with E-state index in [1.807, 2.05) is 35.6 Å². The Kier molecular flexibility index (Phi) is 8.93. The van der Waals surface area contributed by atoms with Gasteiger partial charge in [-0.05, 0) is 69.2 Å². The minimum absolute atomic E-state index is 0.0112. The lowest BCUT2D eigenvalue weighted by Gasteiger charge is -2.38. The van der Waals surface area contributed by atoms with Gasteiger partial charge in [0.1, 0.15) is 0 Å². The number of rotatable bonds is 8. The van der Waals surface area contributed by atoms with Crippen molar-refractivity contribution < 1.29 is 4.79 Å². The van der Waals surface area contributed by atoms with Gasteiger partial charge in [-0.1, -0.05) is 29.3 Å². The number of hydrogen-bond acceptors (Lipinski definition) is 5. The van der Waals surface area contributed by atoms with E-state index in [2.05, 4.69) is 41.1 Å². The Morgan fingerprint density at radius 2 is 1.77 bits per heavy atom. The summed E-state index contributed by atoms with van der Waals surface area (Å²) in [7, 11) is 1.93. The smallest absolute Gasteiger partial charge is 0.225 e. The Morgan fingerprint density at radius 3 is 2.42 bits per heavy atom. The van der Waals surface area contributed by atoms with Crippen LogP contribution in [0.25, 0.3) is 0 Å². The van der Waals surface area contributed by atoms with Crippen LogP contribution < -0.4 is 10.2 Å². The second kappa shape index (κ2) is 11.4. The van der Waals surface area contributed by atoms with Crippen LogP contribution in [-0.2, 0) is 4.79 Å². The predicted octanol–water partition coefficient (Wildman–Crippen LogP) is 5.49. The molecule has 0 aliphatic carbocycles. The lowest BCUT2D eigenvalue weighted by atomic mass is 10.2. The lowest BCUT2D eigenvalue weighted by molar-refractivity contribution is -0.116. The summed E-state index contributed by atoms with van der Waals surface area (Å²) >= 11 is 13.8. The van der Waals surface area contributed by atoms with Crippen LogP contribution in [0.3, 0.4) is 0 Å². The Labute approximate surface area is 199 Å². The van der Waals surface area contributed by atoms with E-state index in [-0.39, 0.29) is 5.91 Å².